The molecule has 4 nitrogen and oxygen atoms in total. The molecule has 0 bridgehead atoms. The quantitative estimate of drug-likeness (QED) is 0.185. The van der Waals surface area contributed by atoms with E-state index < -0.39 is 0 Å². The van der Waals surface area contributed by atoms with Crippen molar-refractivity contribution < 1.29 is 4.42 Å². The maximum Gasteiger partial charge on any atom is 0.164 e. The van der Waals surface area contributed by atoms with E-state index in [1.807, 2.05) is 36.4 Å². The number of aromatic nitrogens is 3. The second kappa shape index (κ2) is 11.6. The first-order valence-corrected chi connectivity index (χ1v) is 17.4. The monoisotopic (exact) mass is 657 g/mol. The average Bonchev–Trinajstić information content (AvgIpc) is 3.76. The summed E-state index contributed by atoms with van der Waals surface area (Å²) >= 11 is 1.79. The number of nitrogens with zero attached hydrogens (tertiary/aromatic N) is 3. The Morgan fingerprint density at radius 3 is 1.80 bits per heavy atom. The lowest BCUT2D eigenvalue weighted by molar-refractivity contribution is 0.669. The predicted octanol–water partition coefficient (Wildman–Crippen LogP) is 12.5. The summed E-state index contributed by atoms with van der Waals surface area (Å²) in [6, 6.07) is 56.8. The van der Waals surface area contributed by atoms with Gasteiger partial charge in [-0.1, -0.05) is 133 Å². The molecule has 3 heterocycles. The Kier molecular flexibility index (Phi) is 6.64. The summed E-state index contributed by atoms with van der Waals surface area (Å²) < 4.78 is 8.73. The molecular formula is C45H27N3OS. The number of fused-ring (bicyclic) bond motifs is 6. The summed E-state index contributed by atoms with van der Waals surface area (Å²) in [6.07, 6.45) is 0. The fourth-order valence-electron chi connectivity index (χ4n) is 6.97. The van der Waals surface area contributed by atoms with Crippen molar-refractivity contribution in [2.45, 2.75) is 0 Å². The number of thiophene rings is 1. The summed E-state index contributed by atoms with van der Waals surface area (Å²) in [5.74, 6) is 1.85. The Morgan fingerprint density at radius 2 is 0.940 bits per heavy atom. The van der Waals surface area contributed by atoms with E-state index in [1.54, 1.807) is 11.3 Å². The van der Waals surface area contributed by atoms with Crippen LogP contribution < -0.4 is 0 Å². The van der Waals surface area contributed by atoms with Gasteiger partial charge in [0.15, 0.2) is 17.5 Å². The van der Waals surface area contributed by atoms with Gasteiger partial charge in [-0.3, -0.25) is 0 Å². The lowest BCUT2D eigenvalue weighted by atomic mass is 9.96. The van der Waals surface area contributed by atoms with Crippen LogP contribution in [0.1, 0.15) is 0 Å². The summed E-state index contributed by atoms with van der Waals surface area (Å²) in [6.45, 7) is 0. The van der Waals surface area contributed by atoms with Gasteiger partial charge in [0.2, 0.25) is 0 Å². The molecule has 0 spiro atoms. The molecule has 50 heavy (non-hydrogen) atoms. The first-order valence-electron chi connectivity index (χ1n) is 16.6. The van der Waals surface area contributed by atoms with E-state index in [1.165, 1.54) is 25.9 Å². The van der Waals surface area contributed by atoms with Crippen LogP contribution in [-0.4, -0.2) is 15.0 Å². The summed E-state index contributed by atoms with van der Waals surface area (Å²) in [4.78, 5) is 15.6. The van der Waals surface area contributed by atoms with Gasteiger partial charge in [0.05, 0.1) is 0 Å². The average molecular weight is 658 g/mol. The number of hydrogen-bond donors (Lipinski definition) is 0. The van der Waals surface area contributed by atoms with Gasteiger partial charge >= 0.3 is 0 Å². The molecule has 0 aliphatic carbocycles. The Balaban J connectivity index is 1.18. The molecule has 0 fully saturated rings. The number of furan rings is 1. The molecule has 0 N–H and O–H groups in total. The van der Waals surface area contributed by atoms with Crippen molar-refractivity contribution in [3.63, 3.8) is 0 Å². The molecule has 0 saturated heterocycles. The molecule has 0 unspecified atom stereocenters. The molecule has 5 heteroatoms. The maximum atomic E-state index is 6.29. The van der Waals surface area contributed by atoms with Gasteiger partial charge in [0.1, 0.15) is 11.2 Å². The van der Waals surface area contributed by atoms with Gasteiger partial charge in [0, 0.05) is 47.6 Å². The third-order valence-electron chi connectivity index (χ3n) is 9.39. The molecule has 7 aromatic carbocycles. The van der Waals surface area contributed by atoms with Gasteiger partial charge < -0.3 is 4.42 Å². The van der Waals surface area contributed by atoms with E-state index in [2.05, 4.69) is 127 Å². The second-order valence-corrected chi connectivity index (χ2v) is 13.5. The fourth-order valence-corrected chi connectivity index (χ4v) is 8.11. The minimum absolute atomic E-state index is 0.595. The topological polar surface area (TPSA) is 51.8 Å². The van der Waals surface area contributed by atoms with Crippen molar-refractivity contribution in [3.05, 3.63) is 164 Å². The van der Waals surface area contributed by atoms with Crippen molar-refractivity contribution >= 4 is 53.4 Å². The van der Waals surface area contributed by atoms with Gasteiger partial charge in [-0.2, -0.15) is 0 Å². The summed E-state index contributed by atoms with van der Waals surface area (Å²) in [7, 11) is 0. The number of para-hydroxylation sites is 1. The van der Waals surface area contributed by atoms with Crippen LogP contribution in [-0.2, 0) is 0 Å². The zero-order chi connectivity index (χ0) is 33.0. The van der Waals surface area contributed by atoms with Crippen LogP contribution in [0.15, 0.2) is 168 Å². The van der Waals surface area contributed by atoms with Crippen LogP contribution in [0.3, 0.4) is 0 Å². The highest BCUT2D eigenvalue weighted by Gasteiger charge is 2.19. The molecule has 0 aliphatic heterocycles. The Morgan fingerprint density at radius 1 is 0.360 bits per heavy atom. The van der Waals surface area contributed by atoms with E-state index in [9.17, 15) is 0 Å². The molecule has 0 saturated carbocycles. The SMILES string of the molecule is c1ccc(-c2ccc(-c3ccccc3-c3nc(-c4ccc5c(c4)oc4ccccc45)nc(-c4cccc5sc6ccccc6c45)n3)cc2)cc1. The molecule has 0 amide bonds. The summed E-state index contributed by atoms with van der Waals surface area (Å²) in [5.41, 5.74) is 8.98. The Bertz CT molecular complexity index is 2870. The van der Waals surface area contributed by atoms with Crippen molar-refractivity contribution in [2.24, 2.45) is 0 Å². The highest BCUT2D eigenvalue weighted by atomic mass is 32.1. The molecular weight excluding hydrogens is 631 g/mol. The van der Waals surface area contributed by atoms with Crippen LogP contribution in [0.4, 0.5) is 0 Å². The zero-order valence-electron chi connectivity index (χ0n) is 26.7. The number of benzene rings is 7. The first-order chi connectivity index (χ1) is 24.8. The van der Waals surface area contributed by atoms with E-state index in [-0.39, 0.29) is 0 Å². The molecule has 10 aromatic rings. The second-order valence-electron chi connectivity index (χ2n) is 12.4. The lowest BCUT2D eigenvalue weighted by Gasteiger charge is -2.13. The minimum atomic E-state index is 0.595. The van der Waals surface area contributed by atoms with Gasteiger partial charge in [-0.05, 0) is 52.6 Å². The van der Waals surface area contributed by atoms with Gasteiger partial charge in [-0.15, -0.1) is 11.3 Å². The van der Waals surface area contributed by atoms with Crippen LogP contribution in [0, 0.1) is 0 Å². The van der Waals surface area contributed by atoms with Crippen molar-refractivity contribution in [2.75, 3.05) is 0 Å². The van der Waals surface area contributed by atoms with Crippen LogP contribution in [0.25, 0.3) is 98.5 Å². The molecule has 0 aliphatic rings. The number of rotatable bonds is 5. The highest BCUT2D eigenvalue weighted by Crippen LogP contribution is 2.41. The largest absolute Gasteiger partial charge is 0.456 e. The molecule has 0 radical (unpaired) electrons. The number of hydrogen-bond acceptors (Lipinski definition) is 5. The Labute approximate surface area is 292 Å². The smallest absolute Gasteiger partial charge is 0.164 e. The third kappa shape index (κ3) is 4.79. The van der Waals surface area contributed by atoms with Gasteiger partial charge in [-0.25, -0.2) is 15.0 Å². The van der Waals surface area contributed by atoms with E-state index in [0.29, 0.717) is 17.5 Å². The normalized spacial score (nSPS) is 11.6. The third-order valence-corrected chi connectivity index (χ3v) is 10.5. The zero-order valence-corrected chi connectivity index (χ0v) is 27.6. The highest BCUT2D eigenvalue weighted by molar-refractivity contribution is 7.25. The van der Waals surface area contributed by atoms with Crippen molar-refractivity contribution in [1.29, 1.82) is 0 Å². The molecule has 234 valence electrons. The molecule has 3 aromatic heterocycles. The van der Waals surface area contributed by atoms with Gasteiger partial charge in [0.25, 0.3) is 0 Å². The van der Waals surface area contributed by atoms with Crippen LogP contribution >= 0.6 is 11.3 Å². The molecule has 0 atom stereocenters. The van der Waals surface area contributed by atoms with E-state index >= 15 is 0 Å². The summed E-state index contributed by atoms with van der Waals surface area (Å²) in [5, 5.41) is 4.52. The molecule has 10 rings (SSSR count). The van der Waals surface area contributed by atoms with Crippen molar-refractivity contribution in [3.8, 4) is 56.4 Å². The standard InChI is InChI=1S/C45H27N3OS/c1-2-11-28(12-3-1)29-21-23-30(24-22-29)32-13-4-5-15-35(32)44-46-43(31-25-26-34-33-14-6-8-18-38(33)49-39(34)27-31)47-45(48-44)37-17-10-20-41-42(37)36-16-7-9-19-40(36)50-41/h1-27H. The predicted molar refractivity (Wildman–Crippen MR) is 207 cm³/mol. The van der Waals surface area contributed by atoms with E-state index in [4.69, 9.17) is 19.4 Å². The first kappa shape index (κ1) is 28.6. The minimum Gasteiger partial charge on any atom is -0.456 e. The Hall–Kier alpha value is -6.43. The fraction of sp³-hybridized carbons (Fsp3) is 0. The van der Waals surface area contributed by atoms with Crippen LogP contribution in [0.5, 0.6) is 0 Å². The lowest BCUT2D eigenvalue weighted by Crippen LogP contribution is -2.01. The van der Waals surface area contributed by atoms with Crippen molar-refractivity contribution in [1.82, 2.24) is 15.0 Å². The van der Waals surface area contributed by atoms with Crippen LogP contribution in [0.2, 0.25) is 0 Å². The van der Waals surface area contributed by atoms with E-state index in [0.717, 1.165) is 55.1 Å². The maximum absolute atomic E-state index is 6.29.